The van der Waals surface area contributed by atoms with Gasteiger partial charge in [-0.3, -0.25) is 4.79 Å². The molecule has 1 aromatic carbocycles. The van der Waals surface area contributed by atoms with E-state index in [1.165, 1.54) is 7.11 Å². The Bertz CT molecular complexity index is 366. The molecule has 1 aliphatic carbocycles. The predicted octanol–water partition coefficient (Wildman–Crippen LogP) is 1.35. The molecule has 0 amide bonds. The van der Waals surface area contributed by atoms with Gasteiger partial charge in [-0.2, -0.15) is 0 Å². The molecule has 2 rings (SSSR count). The van der Waals surface area contributed by atoms with Crippen LogP contribution in [-0.2, 0) is 21.5 Å². The third-order valence-electron chi connectivity index (χ3n) is 2.89. The van der Waals surface area contributed by atoms with Gasteiger partial charge in [0.25, 0.3) is 0 Å². The molecule has 80 valence electrons. The monoisotopic (exact) mass is 205 g/mol. The van der Waals surface area contributed by atoms with Crippen molar-refractivity contribution < 1.29 is 9.53 Å². The average Bonchev–Trinajstić information content (AvgIpc) is 2.98. The summed E-state index contributed by atoms with van der Waals surface area (Å²) < 4.78 is 4.60. The van der Waals surface area contributed by atoms with Gasteiger partial charge < -0.3 is 10.5 Å². The van der Waals surface area contributed by atoms with E-state index >= 15 is 0 Å². The molecule has 3 heteroatoms. The summed E-state index contributed by atoms with van der Waals surface area (Å²) in [6.07, 6.45) is 2.45. The van der Waals surface area contributed by atoms with Crippen molar-refractivity contribution in [3.63, 3.8) is 0 Å². The van der Waals surface area contributed by atoms with Crippen LogP contribution in [0.2, 0.25) is 0 Å². The molecule has 1 aromatic rings. The Morgan fingerprint density at radius 3 is 2.47 bits per heavy atom. The molecule has 3 nitrogen and oxygen atoms in total. The van der Waals surface area contributed by atoms with E-state index in [-0.39, 0.29) is 11.5 Å². The summed E-state index contributed by atoms with van der Waals surface area (Å²) in [6.45, 7) is 0. The largest absolute Gasteiger partial charge is 0.469 e. The Hall–Kier alpha value is -1.35. The Balaban J connectivity index is 2.07. The van der Waals surface area contributed by atoms with Gasteiger partial charge in [0.05, 0.1) is 13.5 Å². The van der Waals surface area contributed by atoms with Crippen LogP contribution in [0.1, 0.15) is 24.0 Å². The maximum absolute atomic E-state index is 11.0. The number of rotatable bonds is 3. The fraction of sp³-hybridized carbons (Fsp3) is 0.417. The summed E-state index contributed by atoms with van der Waals surface area (Å²) in [6, 6.07) is 7.90. The Morgan fingerprint density at radius 1 is 1.40 bits per heavy atom. The Labute approximate surface area is 89.2 Å². The third kappa shape index (κ3) is 2.18. The van der Waals surface area contributed by atoms with Crippen molar-refractivity contribution in [2.45, 2.75) is 24.8 Å². The molecule has 0 radical (unpaired) electrons. The highest BCUT2D eigenvalue weighted by Crippen LogP contribution is 2.42. The van der Waals surface area contributed by atoms with Gasteiger partial charge in [-0.15, -0.1) is 0 Å². The van der Waals surface area contributed by atoms with Crippen LogP contribution in [0.4, 0.5) is 0 Å². The molecule has 0 spiro atoms. The number of methoxy groups -OCH3 is 1. The number of benzene rings is 1. The molecule has 15 heavy (non-hydrogen) atoms. The van der Waals surface area contributed by atoms with Gasteiger partial charge in [0, 0.05) is 5.54 Å². The second-order valence-electron chi connectivity index (χ2n) is 4.11. The number of carbonyl (C=O) groups excluding carboxylic acids is 1. The van der Waals surface area contributed by atoms with Crippen LogP contribution in [0, 0.1) is 0 Å². The molecule has 0 bridgehead atoms. The first kappa shape index (κ1) is 10.2. The Morgan fingerprint density at radius 2 is 2.00 bits per heavy atom. The van der Waals surface area contributed by atoms with Gasteiger partial charge in [0.15, 0.2) is 0 Å². The van der Waals surface area contributed by atoms with E-state index in [0.29, 0.717) is 6.42 Å². The molecule has 0 unspecified atom stereocenters. The molecule has 0 aliphatic heterocycles. The van der Waals surface area contributed by atoms with E-state index in [2.05, 4.69) is 4.74 Å². The van der Waals surface area contributed by atoms with Crippen molar-refractivity contribution in [2.75, 3.05) is 7.11 Å². The van der Waals surface area contributed by atoms with Crippen molar-refractivity contribution in [1.29, 1.82) is 0 Å². The lowest BCUT2D eigenvalue weighted by molar-refractivity contribution is -0.139. The van der Waals surface area contributed by atoms with Gasteiger partial charge in [-0.25, -0.2) is 0 Å². The minimum atomic E-state index is -0.211. The van der Waals surface area contributed by atoms with Crippen LogP contribution in [0.5, 0.6) is 0 Å². The summed E-state index contributed by atoms with van der Waals surface area (Å²) in [7, 11) is 1.40. The molecule has 2 N–H and O–H groups in total. The maximum atomic E-state index is 11.0. The molecule has 0 aromatic heterocycles. The van der Waals surface area contributed by atoms with Crippen LogP contribution in [0.15, 0.2) is 24.3 Å². The number of hydrogen-bond donors (Lipinski definition) is 1. The zero-order valence-corrected chi connectivity index (χ0v) is 8.82. The Kier molecular flexibility index (Phi) is 2.49. The highest BCUT2D eigenvalue weighted by atomic mass is 16.5. The van der Waals surface area contributed by atoms with E-state index in [0.717, 1.165) is 24.0 Å². The standard InChI is InChI=1S/C12H15NO2/c1-15-11(14)8-9-2-4-10(5-3-9)12(13)6-7-12/h2-5H,6-8,13H2,1H3. The van der Waals surface area contributed by atoms with Gasteiger partial charge in [0.1, 0.15) is 0 Å². The lowest BCUT2D eigenvalue weighted by atomic mass is 10.0. The summed E-state index contributed by atoms with van der Waals surface area (Å²) in [5, 5.41) is 0. The second kappa shape index (κ2) is 3.66. The molecule has 0 atom stereocenters. The quantitative estimate of drug-likeness (QED) is 0.758. The predicted molar refractivity (Wildman–Crippen MR) is 57.3 cm³/mol. The number of ether oxygens (including phenoxy) is 1. The van der Waals surface area contributed by atoms with Crippen LogP contribution >= 0.6 is 0 Å². The fourth-order valence-electron chi connectivity index (χ4n) is 1.62. The lowest BCUT2D eigenvalue weighted by Crippen LogP contribution is -2.18. The van der Waals surface area contributed by atoms with E-state index < -0.39 is 0 Å². The topological polar surface area (TPSA) is 52.3 Å². The zero-order valence-electron chi connectivity index (χ0n) is 8.82. The SMILES string of the molecule is COC(=O)Cc1ccc(C2(N)CC2)cc1. The minimum absolute atomic E-state index is 0.0935. The minimum Gasteiger partial charge on any atom is -0.469 e. The summed E-state index contributed by atoms with van der Waals surface area (Å²) in [5.74, 6) is -0.211. The molecule has 1 saturated carbocycles. The fourth-order valence-corrected chi connectivity index (χ4v) is 1.62. The highest BCUT2D eigenvalue weighted by molar-refractivity contribution is 5.72. The number of hydrogen-bond acceptors (Lipinski definition) is 3. The number of carbonyl (C=O) groups is 1. The normalized spacial score (nSPS) is 17.2. The highest BCUT2D eigenvalue weighted by Gasteiger charge is 2.39. The average molecular weight is 205 g/mol. The van der Waals surface area contributed by atoms with Crippen molar-refractivity contribution in [3.05, 3.63) is 35.4 Å². The lowest BCUT2D eigenvalue weighted by Gasteiger charge is -2.09. The summed E-state index contributed by atoms with van der Waals surface area (Å²) >= 11 is 0. The van der Waals surface area contributed by atoms with Crippen LogP contribution < -0.4 is 5.73 Å². The number of esters is 1. The van der Waals surface area contributed by atoms with Crippen molar-refractivity contribution >= 4 is 5.97 Å². The zero-order chi connectivity index (χ0) is 10.9. The van der Waals surface area contributed by atoms with Crippen LogP contribution in [0.25, 0.3) is 0 Å². The first-order valence-corrected chi connectivity index (χ1v) is 5.09. The van der Waals surface area contributed by atoms with E-state index in [1.807, 2.05) is 24.3 Å². The molecule has 0 saturated heterocycles. The second-order valence-corrected chi connectivity index (χ2v) is 4.11. The van der Waals surface area contributed by atoms with Gasteiger partial charge in [-0.1, -0.05) is 24.3 Å². The van der Waals surface area contributed by atoms with E-state index in [4.69, 9.17) is 5.73 Å². The van der Waals surface area contributed by atoms with Crippen molar-refractivity contribution in [3.8, 4) is 0 Å². The summed E-state index contributed by atoms with van der Waals surface area (Å²) in [5.41, 5.74) is 8.09. The molecular weight excluding hydrogens is 190 g/mol. The van der Waals surface area contributed by atoms with Crippen LogP contribution in [0.3, 0.4) is 0 Å². The van der Waals surface area contributed by atoms with E-state index in [1.54, 1.807) is 0 Å². The first-order valence-electron chi connectivity index (χ1n) is 5.09. The van der Waals surface area contributed by atoms with Crippen molar-refractivity contribution in [2.24, 2.45) is 5.73 Å². The molecular formula is C12H15NO2. The van der Waals surface area contributed by atoms with Gasteiger partial charge >= 0.3 is 5.97 Å². The molecule has 1 fully saturated rings. The molecule has 0 heterocycles. The third-order valence-corrected chi connectivity index (χ3v) is 2.89. The maximum Gasteiger partial charge on any atom is 0.309 e. The van der Waals surface area contributed by atoms with Crippen molar-refractivity contribution in [1.82, 2.24) is 0 Å². The summed E-state index contributed by atoms with van der Waals surface area (Å²) in [4.78, 5) is 11.0. The number of nitrogens with two attached hydrogens (primary N) is 1. The van der Waals surface area contributed by atoms with Crippen LogP contribution in [-0.4, -0.2) is 13.1 Å². The molecule has 1 aliphatic rings. The van der Waals surface area contributed by atoms with Gasteiger partial charge in [-0.05, 0) is 24.0 Å². The van der Waals surface area contributed by atoms with Gasteiger partial charge in [0.2, 0.25) is 0 Å². The van der Waals surface area contributed by atoms with E-state index in [9.17, 15) is 4.79 Å². The smallest absolute Gasteiger partial charge is 0.309 e. The first-order chi connectivity index (χ1) is 7.14.